The van der Waals surface area contributed by atoms with Crippen LogP contribution in [0.4, 0.5) is 0 Å². The number of unbranched alkanes of at least 4 members (excludes halogenated alkanes) is 5. The van der Waals surface area contributed by atoms with Gasteiger partial charge in [0.15, 0.2) is 0 Å². The predicted molar refractivity (Wildman–Crippen MR) is 552 cm³/mol. The van der Waals surface area contributed by atoms with Crippen molar-refractivity contribution in [2.75, 3.05) is 0 Å². The Hall–Kier alpha value is -13.1. The normalized spacial score (nSPS) is 11.5. The third-order valence-electron chi connectivity index (χ3n) is 22.7. The summed E-state index contributed by atoms with van der Waals surface area (Å²) < 4.78 is 0. The number of hydrogen-bond donors (Lipinski definition) is 16. The number of carboxylic acid groups (broad SMARTS) is 6. The van der Waals surface area contributed by atoms with E-state index in [-0.39, 0.29) is 159 Å². The van der Waals surface area contributed by atoms with Gasteiger partial charge in [-0.25, -0.2) is 28.8 Å². The van der Waals surface area contributed by atoms with E-state index in [1.54, 1.807) is 97.1 Å². The molecule has 0 unspecified atom stereocenters. The van der Waals surface area contributed by atoms with Gasteiger partial charge < -0.3 is 81.7 Å². The molecule has 11 aromatic rings. The van der Waals surface area contributed by atoms with Gasteiger partial charge in [0.2, 0.25) is 0 Å². The number of aromatic hydroxyl groups is 10. The first-order chi connectivity index (χ1) is 63.3. The maximum atomic E-state index is 11.2. The molecule has 0 aliphatic heterocycles. The van der Waals surface area contributed by atoms with Crippen molar-refractivity contribution in [2.24, 2.45) is 0 Å². The molecule has 0 radical (unpaired) electrons. The quantitative estimate of drug-likeness (QED) is 0.0315. The topological polar surface area (TPSA) is 426 Å². The zero-order valence-corrected chi connectivity index (χ0v) is 89.4. The van der Waals surface area contributed by atoms with Crippen LogP contribution in [0.5, 0.6) is 57.5 Å². The fraction of sp³-hybridized carbons (Fsp3) is 0.379. The Morgan fingerprint density at radius 1 is 0.216 bits per heavy atom. The van der Waals surface area contributed by atoms with Crippen molar-refractivity contribution < 1.29 is 130 Å². The molecule has 0 bridgehead atoms. The summed E-state index contributed by atoms with van der Waals surface area (Å²) in [5, 5.41) is 153. The van der Waals surface area contributed by atoms with E-state index in [2.05, 4.69) is 48.5 Å². The van der Waals surface area contributed by atoms with Crippen LogP contribution in [-0.2, 0) is 74.6 Å². The van der Waals surface area contributed by atoms with Gasteiger partial charge in [-0.05, 0) is 191 Å². The van der Waals surface area contributed by atoms with Gasteiger partial charge in [-0.3, -0.25) is 0 Å². The van der Waals surface area contributed by atoms with Crippen molar-refractivity contribution in [2.45, 2.75) is 288 Å². The third-order valence-corrected chi connectivity index (χ3v) is 22.7. The van der Waals surface area contributed by atoms with E-state index in [0.717, 1.165) is 57.3 Å². The second-order valence-electron chi connectivity index (χ2n) is 43.5. The van der Waals surface area contributed by atoms with Crippen LogP contribution < -0.4 is 0 Å². The van der Waals surface area contributed by atoms with Crippen LogP contribution in [0.15, 0.2) is 206 Å². The molecule has 11 rings (SSSR count). The number of benzene rings is 11. The first-order valence-corrected chi connectivity index (χ1v) is 46.1. The monoisotopic (exact) mass is 1960 g/mol. The Morgan fingerprint density at radius 3 is 0.791 bits per heavy atom. The Bertz CT molecular complexity index is 5690. The van der Waals surface area contributed by atoms with Crippen molar-refractivity contribution in [3.63, 3.8) is 0 Å². The second kappa shape index (κ2) is 49.9. The molecule has 23 heteroatoms. The molecule has 0 atom stereocenters. The van der Waals surface area contributed by atoms with E-state index in [9.17, 15) is 95.2 Å². The smallest absolute Gasteiger partial charge is 0.339 e. The molecule has 139 heavy (non-hydrogen) atoms. The molecule has 0 aromatic heterocycles. The molecule has 0 spiro atoms. The Morgan fingerprint density at radius 2 is 0.482 bits per heavy atom. The number of para-hydroxylation sites is 3. The molecular weight excluding hydrogens is 1810 g/mol. The number of phenols is 10. The van der Waals surface area contributed by atoms with Crippen LogP contribution >= 0.6 is 0 Å². The molecule has 746 valence electrons. The van der Waals surface area contributed by atoms with Gasteiger partial charge in [0.1, 0.15) is 90.9 Å². The van der Waals surface area contributed by atoms with Gasteiger partial charge in [-0.1, -0.05) is 347 Å². The van der Waals surface area contributed by atoms with Crippen LogP contribution in [0.1, 0.15) is 350 Å². The van der Waals surface area contributed by atoms with E-state index in [1.165, 1.54) is 56.4 Å². The fourth-order valence-electron chi connectivity index (χ4n) is 14.0. The number of carbonyl (C=O) groups is 6. The summed E-state index contributed by atoms with van der Waals surface area (Å²) in [5.41, 5.74) is 11.2. The van der Waals surface area contributed by atoms with Crippen LogP contribution in [-0.4, -0.2) is 118 Å². The summed E-state index contributed by atoms with van der Waals surface area (Å²) in [6.45, 7) is 56.8. The van der Waals surface area contributed by atoms with Crippen molar-refractivity contribution in [1.82, 2.24) is 0 Å². The standard InChI is InChI=1S/C20H26O2.4C15H22O3.C13H10O3.C12H10O2.C11H14O3.Zn/c1-19(2,3)13-7-9-17(21)15(11-13)16-12-14(20(4,5)6)8-10-18(16)22;3*1-14(2,3)9-7-10(13(17)18)12(16)11(8-9)15(4,5)6;1-2-3-4-5-6-7-8-12-9-10-14(16)13(11-12)15(17)18;14-12-10(9-5-2-1-3-6-9)7-4-8-11(12)13(15)16;13-11-7-3-1-5-9(11)10-6-2-4-8-12(10)14;1-11(2,3)7-4-5-9(12)8(6-7)10(13)14;/h7-12,21-22H,1-6H3;3*7-8,16H,1-6H3,(H,17,18);9-11,16H,2-8H2,1H3,(H,17,18);1-8,14H,(H,15,16);1-8,13-14H;4-6,12H,1-3H3,(H,13,14);. The van der Waals surface area contributed by atoms with Gasteiger partial charge in [-0.2, -0.15) is 0 Å². The number of hydrogen-bond acceptors (Lipinski definition) is 16. The summed E-state index contributed by atoms with van der Waals surface area (Å²) in [5.74, 6) is -6.76. The maximum absolute atomic E-state index is 11.2. The molecule has 0 amide bonds. The summed E-state index contributed by atoms with van der Waals surface area (Å²) in [4.78, 5) is 66.1. The maximum Gasteiger partial charge on any atom is 0.339 e. The molecule has 0 saturated heterocycles. The number of aryl methyl sites for hydroxylation is 1. The number of phenolic OH excluding ortho intramolecular Hbond substituents is 4. The molecule has 0 aliphatic carbocycles. The predicted octanol–water partition coefficient (Wildman–Crippen LogP) is 28.3. The summed E-state index contributed by atoms with van der Waals surface area (Å²) in [6, 6.07) is 58.9. The van der Waals surface area contributed by atoms with E-state index >= 15 is 0 Å². The third kappa shape index (κ3) is 36.0. The van der Waals surface area contributed by atoms with Gasteiger partial charge in [-0.15, -0.1) is 0 Å². The van der Waals surface area contributed by atoms with Gasteiger partial charge in [0, 0.05) is 64.0 Å². The van der Waals surface area contributed by atoms with E-state index in [4.69, 9.17) is 15.3 Å². The number of rotatable bonds is 16. The Kier molecular flexibility index (Phi) is 43.1. The minimum atomic E-state index is -1.13. The minimum Gasteiger partial charge on any atom is -0.507 e. The molecule has 0 heterocycles. The Labute approximate surface area is 834 Å². The second-order valence-corrected chi connectivity index (χ2v) is 43.5. The van der Waals surface area contributed by atoms with Crippen molar-refractivity contribution in [1.29, 1.82) is 0 Å². The summed E-state index contributed by atoms with van der Waals surface area (Å²) >= 11 is 0. The van der Waals surface area contributed by atoms with Gasteiger partial charge >= 0.3 is 35.8 Å². The van der Waals surface area contributed by atoms with Crippen molar-refractivity contribution in [3.05, 3.63) is 295 Å². The number of aromatic carboxylic acids is 6. The van der Waals surface area contributed by atoms with Crippen LogP contribution in [0.25, 0.3) is 33.4 Å². The molecule has 11 aromatic carbocycles. The van der Waals surface area contributed by atoms with Crippen LogP contribution in [0.3, 0.4) is 0 Å². The SMILES string of the molecule is CC(C)(C)c1cc(C(=O)O)c(O)c(C(C)(C)C)c1.CC(C)(C)c1cc(C(=O)O)c(O)c(C(C)(C)C)c1.CC(C)(C)c1cc(C(=O)O)c(O)c(C(C)(C)C)c1.CC(C)(C)c1ccc(O)c(-c2cc(C(C)(C)C)ccc2O)c1.CC(C)(C)c1ccc(O)c(C(=O)O)c1.CCCCCCCCc1ccc(O)c(C(=O)O)c1.O=C(O)c1cccc(-c2ccccc2)c1O.Oc1ccccc1-c1ccccc1O.[Zn]. The van der Waals surface area contributed by atoms with Crippen LogP contribution in [0, 0.1) is 0 Å². The molecule has 22 nitrogen and oxygen atoms in total. The number of carboxylic acids is 6. The fourth-order valence-corrected chi connectivity index (χ4v) is 14.0. The van der Waals surface area contributed by atoms with Gasteiger partial charge in [0.25, 0.3) is 0 Å². The Balaban J connectivity index is 0.000000410. The van der Waals surface area contributed by atoms with Crippen molar-refractivity contribution >= 4 is 35.8 Å². The van der Waals surface area contributed by atoms with E-state index in [0.29, 0.717) is 44.5 Å². The molecular formula is C116H148O22Zn. The molecule has 0 aliphatic rings. The zero-order chi connectivity index (χ0) is 105. The summed E-state index contributed by atoms with van der Waals surface area (Å²) in [7, 11) is 0. The van der Waals surface area contributed by atoms with Gasteiger partial charge in [0.05, 0.1) is 0 Å². The molecule has 16 N–H and O–H groups in total. The average molecular weight is 1960 g/mol. The van der Waals surface area contributed by atoms with E-state index < -0.39 is 35.8 Å². The zero-order valence-electron chi connectivity index (χ0n) is 86.4. The molecule has 0 fully saturated rings. The minimum absolute atomic E-state index is 0. The van der Waals surface area contributed by atoms with Crippen molar-refractivity contribution in [3.8, 4) is 90.9 Å². The van der Waals surface area contributed by atoms with Crippen LogP contribution in [0.2, 0.25) is 0 Å². The average Bonchev–Trinajstić information content (AvgIpc) is 0.787. The first-order valence-electron chi connectivity index (χ1n) is 46.1. The summed E-state index contributed by atoms with van der Waals surface area (Å²) in [6.07, 6.45) is 8.22. The van der Waals surface area contributed by atoms with E-state index in [1.807, 2.05) is 230 Å². The largest absolute Gasteiger partial charge is 0.507 e. The first kappa shape index (κ1) is 120. The molecule has 0 saturated carbocycles.